The van der Waals surface area contributed by atoms with Crippen LogP contribution in [0.15, 0.2) is 47.4 Å². The Morgan fingerprint density at radius 3 is 2.47 bits per heavy atom. The zero-order valence-electron chi connectivity index (χ0n) is 16.1. The minimum absolute atomic E-state index is 0.102. The first-order valence-electron chi connectivity index (χ1n) is 9.15. The van der Waals surface area contributed by atoms with Gasteiger partial charge in [0.15, 0.2) is 17.6 Å². The molecule has 2 aromatic carbocycles. The van der Waals surface area contributed by atoms with Gasteiger partial charge in [-0.15, -0.1) is 0 Å². The van der Waals surface area contributed by atoms with Gasteiger partial charge in [-0.1, -0.05) is 0 Å². The number of ether oxygens (including phenoxy) is 3. The lowest BCUT2D eigenvalue weighted by Crippen LogP contribution is -2.34. The van der Waals surface area contributed by atoms with Crippen molar-refractivity contribution in [2.24, 2.45) is 0 Å². The molecule has 1 N–H and O–H groups in total. The number of ketones is 1. The molecule has 1 aliphatic rings. The molecule has 0 spiro atoms. The Morgan fingerprint density at radius 2 is 1.77 bits per heavy atom. The van der Waals surface area contributed by atoms with E-state index in [1.807, 2.05) is 0 Å². The Morgan fingerprint density at radius 1 is 1.10 bits per heavy atom. The minimum atomic E-state index is -4.03. The lowest BCUT2D eigenvalue weighted by molar-refractivity contribution is -0.144. The molecule has 2 aromatic rings. The van der Waals surface area contributed by atoms with Crippen molar-refractivity contribution in [1.29, 1.82) is 0 Å². The molecule has 3 rings (SSSR count). The molecular weight excluding hydrogens is 417 g/mol. The maximum Gasteiger partial charge on any atom is 0.321 e. The first-order valence-corrected chi connectivity index (χ1v) is 10.6. The second kappa shape index (κ2) is 9.23. The van der Waals surface area contributed by atoms with Gasteiger partial charge in [0, 0.05) is 18.1 Å². The van der Waals surface area contributed by atoms with Crippen LogP contribution in [0, 0.1) is 5.82 Å². The van der Waals surface area contributed by atoms with Gasteiger partial charge < -0.3 is 14.2 Å². The number of nitrogens with one attached hydrogen (secondary N) is 1. The van der Waals surface area contributed by atoms with Crippen LogP contribution in [0.2, 0.25) is 0 Å². The van der Waals surface area contributed by atoms with Crippen molar-refractivity contribution in [3.63, 3.8) is 0 Å². The quantitative estimate of drug-likeness (QED) is 0.522. The number of carbonyl (C=O) groups excluding carboxylic acids is 2. The summed E-state index contributed by atoms with van der Waals surface area (Å²) in [6.07, 6.45) is -0.485. The third-order valence-electron chi connectivity index (χ3n) is 4.24. The highest BCUT2D eigenvalue weighted by molar-refractivity contribution is 7.89. The smallest absolute Gasteiger partial charge is 0.321 e. The van der Waals surface area contributed by atoms with Crippen LogP contribution < -0.4 is 14.2 Å². The Labute approximate surface area is 173 Å². The first kappa shape index (κ1) is 21.7. The van der Waals surface area contributed by atoms with E-state index in [1.54, 1.807) is 0 Å². The molecule has 1 heterocycles. The number of hydrogen-bond donors (Lipinski definition) is 1. The highest BCUT2D eigenvalue weighted by Crippen LogP contribution is 2.31. The lowest BCUT2D eigenvalue weighted by atomic mass is 10.1. The van der Waals surface area contributed by atoms with Crippen molar-refractivity contribution in [2.75, 3.05) is 19.8 Å². The normalized spacial score (nSPS) is 14.5. The topological polar surface area (TPSA) is 108 Å². The summed E-state index contributed by atoms with van der Waals surface area (Å²) in [5.41, 5.74) is 0.171. The lowest BCUT2D eigenvalue weighted by Gasteiger charge is -2.13. The summed E-state index contributed by atoms with van der Waals surface area (Å²) >= 11 is 0. The Hall–Kier alpha value is -2.98. The van der Waals surface area contributed by atoms with Gasteiger partial charge in [0.1, 0.15) is 12.4 Å². The molecule has 0 bridgehead atoms. The summed E-state index contributed by atoms with van der Waals surface area (Å²) in [5.74, 6) is -1.22. The largest absolute Gasteiger partial charge is 0.490 e. The Balaban J connectivity index is 1.58. The fourth-order valence-electron chi connectivity index (χ4n) is 2.69. The highest BCUT2D eigenvalue weighted by atomic mass is 32.2. The van der Waals surface area contributed by atoms with Crippen LogP contribution in [0.3, 0.4) is 0 Å². The molecule has 160 valence electrons. The Bertz CT molecular complexity index is 1040. The molecular formula is C20H20FNO7S. The average molecular weight is 437 g/mol. The molecule has 10 heteroatoms. The summed E-state index contributed by atoms with van der Waals surface area (Å²) in [6.45, 7) is 1.55. The minimum Gasteiger partial charge on any atom is -0.490 e. The van der Waals surface area contributed by atoms with E-state index in [0.717, 1.165) is 12.1 Å². The second-order valence-electron chi connectivity index (χ2n) is 6.49. The van der Waals surface area contributed by atoms with Gasteiger partial charge in [-0.25, -0.2) is 12.8 Å². The second-order valence-corrected chi connectivity index (χ2v) is 8.25. The van der Waals surface area contributed by atoms with Crippen molar-refractivity contribution in [1.82, 2.24) is 4.72 Å². The van der Waals surface area contributed by atoms with Gasteiger partial charge in [0.2, 0.25) is 15.8 Å². The number of benzene rings is 2. The van der Waals surface area contributed by atoms with Crippen molar-refractivity contribution < 1.29 is 36.6 Å². The molecule has 1 unspecified atom stereocenters. The summed E-state index contributed by atoms with van der Waals surface area (Å²) in [7, 11) is -4.03. The molecule has 1 aliphatic heterocycles. The summed E-state index contributed by atoms with van der Waals surface area (Å²) < 4.78 is 55.9. The van der Waals surface area contributed by atoms with E-state index in [1.165, 1.54) is 37.3 Å². The van der Waals surface area contributed by atoms with E-state index in [-0.39, 0.29) is 10.5 Å². The first-order chi connectivity index (χ1) is 14.3. The van der Waals surface area contributed by atoms with Gasteiger partial charge in [-0.05, 0) is 43.3 Å². The summed E-state index contributed by atoms with van der Waals surface area (Å²) in [5, 5.41) is 0. The van der Waals surface area contributed by atoms with Crippen LogP contribution in [0.25, 0.3) is 0 Å². The molecule has 1 atom stereocenters. The molecule has 0 saturated heterocycles. The van der Waals surface area contributed by atoms with Gasteiger partial charge in [-0.2, -0.15) is 4.72 Å². The van der Waals surface area contributed by atoms with Crippen molar-refractivity contribution in [3.8, 4) is 11.5 Å². The van der Waals surface area contributed by atoms with Crippen LogP contribution in [0.4, 0.5) is 4.39 Å². The standard InChI is InChI=1S/C20H20FNO7S/c1-13(20(24)14-3-5-15(21)6-4-14)29-19(23)12-22-30(25,26)16-7-8-17-18(11-16)28-10-2-9-27-17/h3-8,11,13,22H,2,9-10,12H2,1H3. The molecule has 0 saturated carbocycles. The van der Waals surface area contributed by atoms with Crippen LogP contribution in [-0.4, -0.2) is 46.0 Å². The number of fused-ring (bicyclic) bond motifs is 1. The van der Waals surface area contributed by atoms with Gasteiger partial charge in [0.05, 0.1) is 18.1 Å². The summed E-state index contributed by atoms with van der Waals surface area (Å²) in [4.78, 5) is 24.1. The van der Waals surface area contributed by atoms with E-state index >= 15 is 0 Å². The molecule has 8 nitrogen and oxygen atoms in total. The van der Waals surface area contributed by atoms with Crippen LogP contribution in [0.5, 0.6) is 11.5 Å². The fraction of sp³-hybridized carbons (Fsp3) is 0.300. The number of Topliss-reactive ketones (excluding diaryl/α,β-unsaturated/α-hetero) is 1. The van der Waals surface area contributed by atoms with E-state index in [9.17, 15) is 22.4 Å². The maximum absolute atomic E-state index is 13.0. The van der Waals surface area contributed by atoms with Crippen LogP contribution in [0.1, 0.15) is 23.7 Å². The van der Waals surface area contributed by atoms with E-state index in [4.69, 9.17) is 14.2 Å². The van der Waals surface area contributed by atoms with Crippen molar-refractivity contribution in [2.45, 2.75) is 24.3 Å². The average Bonchev–Trinajstić information content (AvgIpc) is 2.97. The third-order valence-corrected chi connectivity index (χ3v) is 5.64. The van der Waals surface area contributed by atoms with E-state index in [0.29, 0.717) is 31.1 Å². The predicted molar refractivity (Wildman–Crippen MR) is 104 cm³/mol. The SMILES string of the molecule is CC(OC(=O)CNS(=O)(=O)c1ccc2c(c1)OCCCO2)C(=O)c1ccc(F)cc1. The summed E-state index contributed by atoms with van der Waals surface area (Å²) in [6, 6.07) is 8.91. The molecule has 0 aromatic heterocycles. The Kier molecular flexibility index (Phi) is 6.68. The van der Waals surface area contributed by atoms with E-state index < -0.39 is 40.2 Å². The molecule has 30 heavy (non-hydrogen) atoms. The molecule has 0 amide bonds. The zero-order valence-corrected chi connectivity index (χ0v) is 16.9. The van der Waals surface area contributed by atoms with E-state index in [2.05, 4.69) is 4.72 Å². The van der Waals surface area contributed by atoms with Crippen molar-refractivity contribution >= 4 is 21.8 Å². The number of carbonyl (C=O) groups is 2. The van der Waals surface area contributed by atoms with Gasteiger partial charge in [0.25, 0.3) is 0 Å². The number of esters is 1. The fourth-order valence-corrected chi connectivity index (χ4v) is 3.67. The number of hydrogen-bond acceptors (Lipinski definition) is 7. The predicted octanol–water partition coefficient (Wildman–Crippen LogP) is 2.08. The third kappa shape index (κ3) is 5.33. The molecule has 0 fully saturated rings. The number of sulfonamides is 1. The molecule has 0 radical (unpaired) electrons. The highest BCUT2D eigenvalue weighted by Gasteiger charge is 2.23. The number of rotatable bonds is 7. The molecule has 0 aliphatic carbocycles. The van der Waals surface area contributed by atoms with Gasteiger partial charge >= 0.3 is 5.97 Å². The van der Waals surface area contributed by atoms with Crippen LogP contribution >= 0.6 is 0 Å². The monoisotopic (exact) mass is 437 g/mol. The number of halogens is 1. The van der Waals surface area contributed by atoms with Crippen LogP contribution in [-0.2, 0) is 19.6 Å². The zero-order chi connectivity index (χ0) is 21.7. The maximum atomic E-state index is 13.0. The van der Waals surface area contributed by atoms with Crippen molar-refractivity contribution in [3.05, 3.63) is 53.8 Å². The van der Waals surface area contributed by atoms with Gasteiger partial charge in [-0.3, -0.25) is 9.59 Å².